The molecule has 0 spiro atoms. The van der Waals surface area contributed by atoms with Crippen LogP contribution in [0.4, 0.5) is 0 Å². The summed E-state index contributed by atoms with van der Waals surface area (Å²) in [7, 11) is 0. The molecule has 1 aromatic rings. The van der Waals surface area contributed by atoms with Gasteiger partial charge >= 0.3 is 5.97 Å². The standard InChI is InChI=1S/C10H17N3O3/c1-2-15-5-6-16-10(14)9-7-13(4-3-11)8-12-9/h7-8H,2-6,11H2,1H3. The van der Waals surface area contributed by atoms with Crippen LogP contribution in [0.25, 0.3) is 0 Å². The minimum atomic E-state index is -0.435. The molecule has 0 aliphatic carbocycles. The molecule has 0 saturated carbocycles. The molecule has 0 aliphatic heterocycles. The van der Waals surface area contributed by atoms with Crippen molar-refractivity contribution in [3.05, 3.63) is 18.2 Å². The lowest BCUT2D eigenvalue weighted by Gasteiger charge is -2.02. The van der Waals surface area contributed by atoms with Crippen molar-refractivity contribution in [2.45, 2.75) is 13.5 Å². The molecular weight excluding hydrogens is 210 g/mol. The van der Waals surface area contributed by atoms with Crippen molar-refractivity contribution >= 4 is 5.97 Å². The lowest BCUT2D eigenvalue weighted by Crippen LogP contribution is -2.11. The molecule has 0 radical (unpaired) electrons. The quantitative estimate of drug-likeness (QED) is 0.525. The molecular formula is C10H17N3O3. The Hall–Kier alpha value is -1.40. The Bertz CT molecular complexity index is 325. The summed E-state index contributed by atoms with van der Waals surface area (Å²) in [6.45, 7) is 4.30. The number of nitrogens with two attached hydrogens (primary N) is 1. The van der Waals surface area contributed by atoms with Crippen LogP contribution in [-0.4, -0.2) is 41.9 Å². The summed E-state index contributed by atoms with van der Waals surface area (Å²) >= 11 is 0. The highest BCUT2D eigenvalue weighted by Gasteiger charge is 2.10. The Morgan fingerprint density at radius 1 is 1.56 bits per heavy atom. The summed E-state index contributed by atoms with van der Waals surface area (Å²) in [4.78, 5) is 15.4. The molecule has 2 N–H and O–H groups in total. The van der Waals surface area contributed by atoms with Gasteiger partial charge in [-0.25, -0.2) is 9.78 Å². The lowest BCUT2D eigenvalue weighted by atomic mass is 10.5. The first-order valence-electron chi connectivity index (χ1n) is 5.24. The molecule has 0 saturated heterocycles. The van der Waals surface area contributed by atoms with E-state index in [9.17, 15) is 4.79 Å². The molecule has 90 valence electrons. The van der Waals surface area contributed by atoms with Gasteiger partial charge in [-0.15, -0.1) is 0 Å². The average Bonchev–Trinajstić information content (AvgIpc) is 2.73. The molecule has 6 nitrogen and oxygen atoms in total. The molecule has 0 amide bonds. The first-order valence-corrected chi connectivity index (χ1v) is 5.24. The third-order valence-electron chi connectivity index (χ3n) is 1.89. The van der Waals surface area contributed by atoms with E-state index in [1.54, 1.807) is 17.1 Å². The molecule has 1 rings (SSSR count). The molecule has 1 aromatic heterocycles. The Kier molecular flexibility index (Phi) is 5.52. The number of ether oxygens (including phenoxy) is 2. The minimum Gasteiger partial charge on any atom is -0.458 e. The van der Waals surface area contributed by atoms with Crippen LogP contribution in [0.3, 0.4) is 0 Å². The zero-order chi connectivity index (χ0) is 11.8. The highest BCUT2D eigenvalue weighted by atomic mass is 16.6. The maximum absolute atomic E-state index is 11.4. The van der Waals surface area contributed by atoms with Gasteiger partial charge in [0.25, 0.3) is 0 Å². The number of aromatic nitrogens is 2. The van der Waals surface area contributed by atoms with E-state index >= 15 is 0 Å². The van der Waals surface area contributed by atoms with Crippen LogP contribution >= 0.6 is 0 Å². The molecule has 0 aromatic carbocycles. The van der Waals surface area contributed by atoms with Gasteiger partial charge in [0, 0.05) is 25.9 Å². The smallest absolute Gasteiger partial charge is 0.358 e. The fraction of sp³-hybridized carbons (Fsp3) is 0.600. The summed E-state index contributed by atoms with van der Waals surface area (Å²) < 4.78 is 11.7. The summed E-state index contributed by atoms with van der Waals surface area (Å²) in [6, 6.07) is 0. The number of hydrogen-bond donors (Lipinski definition) is 1. The van der Waals surface area contributed by atoms with Gasteiger partial charge in [-0.05, 0) is 6.92 Å². The van der Waals surface area contributed by atoms with Crippen molar-refractivity contribution in [3.8, 4) is 0 Å². The fourth-order valence-electron chi connectivity index (χ4n) is 1.15. The second-order valence-electron chi connectivity index (χ2n) is 3.12. The van der Waals surface area contributed by atoms with Crippen LogP contribution < -0.4 is 5.73 Å². The van der Waals surface area contributed by atoms with E-state index in [1.807, 2.05) is 6.92 Å². The second kappa shape index (κ2) is 6.97. The zero-order valence-electron chi connectivity index (χ0n) is 9.39. The number of imidazole rings is 1. The molecule has 0 atom stereocenters. The maximum Gasteiger partial charge on any atom is 0.358 e. The summed E-state index contributed by atoms with van der Waals surface area (Å²) in [5.41, 5.74) is 5.67. The highest BCUT2D eigenvalue weighted by Crippen LogP contribution is 1.98. The molecule has 0 aliphatic rings. The van der Waals surface area contributed by atoms with Gasteiger partial charge in [-0.2, -0.15) is 0 Å². The zero-order valence-corrected chi connectivity index (χ0v) is 9.39. The number of esters is 1. The molecule has 0 fully saturated rings. The van der Waals surface area contributed by atoms with Crippen LogP contribution in [0, 0.1) is 0 Å². The monoisotopic (exact) mass is 227 g/mol. The Balaban J connectivity index is 2.34. The molecule has 1 heterocycles. The van der Waals surface area contributed by atoms with E-state index in [1.165, 1.54) is 0 Å². The van der Waals surface area contributed by atoms with Crippen molar-refractivity contribution in [2.24, 2.45) is 5.73 Å². The third kappa shape index (κ3) is 4.00. The van der Waals surface area contributed by atoms with Crippen molar-refractivity contribution in [2.75, 3.05) is 26.4 Å². The van der Waals surface area contributed by atoms with E-state index < -0.39 is 5.97 Å². The van der Waals surface area contributed by atoms with Crippen molar-refractivity contribution in [1.29, 1.82) is 0 Å². The summed E-state index contributed by atoms with van der Waals surface area (Å²) in [5, 5.41) is 0. The summed E-state index contributed by atoms with van der Waals surface area (Å²) in [6.07, 6.45) is 3.18. The van der Waals surface area contributed by atoms with E-state index in [-0.39, 0.29) is 6.61 Å². The average molecular weight is 227 g/mol. The number of hydrogen-bond acceptors (Lipinski definition) is 5. The third-order valence-corrected chi connectivity index (χ3v) is 1.89. The Morgan fingerprint density at radius 3 is 3.06 bits per heavy atom. The topological polar surface area (TPSA) is 79.4 Å². The minimum absolute atomic E-state index is 0.246. The van der Waals surface area contributed by atoms with Gasteiger partial charge in [0.2, 0.25) is 0 Å². The molecule has 0 unspecified atom stereocenters. The molecule has 0 bridgehead atoms. The Labute approximate surface area is 94.4 Å². The fourth-order valence-corrected chi connectivity index (χ4v) is 1.15. The van der Waals surface area contributed by atoms with Gasteiger partial charge in [0.15, 0.2) is 5.69 Å². The van der Waals surface area contributed by atoms with Crippen LogP contribution in [0.15, 0.2) is 12.5 Å². The number of carbonyl (C=O) groups is 1. The van der Waals surface area contributed by atoms with Gasteiger partial charge < -0.3 is 19.8 Å². The van der Waals surface area contributed by atoms with E-state index in [0.717, 1.165) is 0 Å². The Morgan fingerprint density at radius 2 is 2.38 bits per heavy atom. The first-order chi connectivity index (χ1) is 7.77. The van der Waals surface area contributed by atoms with Crippen molar-refractivity contribution in [3.63, 3.8) is 0 Å². The largest absolute Gasteiger partial charge is 0.458 e. The van der Waals surface area contributed by atoms with Crippen LogP contribution in [-0.2, 0) is 16.0 Å². The normalized spacial score (nSPS) is 10.4. The van der Waals surface area contributed by atoms with Gasteiger partial charge in [0.1, 0.15) is 6.61 Å². The predicted molar refractivity (Wildman–Crippen MR) is 58.1 cm³/mol. The van der Waals surface area contributed by atoms with Gasteiger partial charge in [-0.3, -0.25) is 0 Å². The van der Waals surface area contributed by atoms with E-state index in [2.05, 4.69) is 4.98 Å². The molecule has 6 heteroatoms. The van der Waals surface area contributed by atoms with Gasteiger partial charge in [0.05, 0.1) is 12.9 Å². The molecule has 16 heavy (non-hydrogen) atoms. The van der Waals surface area contributed by atoms with Crippen LogP contribution in [0.2, 0.25) is 0 Å². The second-order valence-corrected chi connectivity index (χ2v) is 3.12. The van der Waals surface area contributed by atoms with E-state index in [4.69, 9.17) is 15.2 Å². The summed E-state index contributed by atoms with van der Waals surface area (Å²) in [5.74, 6) is -0.435. The SMILES string of the molecule is CCOCCOC(=O)c1cn(CCN)cn1. The maximum atomic E-state index is 11.4. The number of carbonyl (C=O) groups excluding carboxylic acids is 1. The van der Waals surface area contributed by atoms with E-state index in [0.29, 0.717) is 32.0 Å². The van der Waals surface area contributed by atoms with Crippen molar-refractivity contribution in [1.82, 2.24) is 9.55 Å². The lowest BCUT2D eigenvalue weighted by molar-refractivity contribution is 0.0330. The van der Waals surface area contributed by atoms with Gasteiger partial charge in [-0.1, -0.05) is 0 Å². The number of nitrogens with zero attached hydrogens (tertiary/aromatic N) is 2. The van der Waals surface area contributed by atoms with Crippen molar-refractivity contribution < 1.29 is 14.3 Å². The number of rotatable bonds is 7. The van der Waals surface area contributed by atoms with Crippen LogP contribution in [0.5, 0.6) is 0 Å². The predicted octanol–water partition coefficient (Wildman–Crippen LogP) is 0.0351. The first kappa shape index (κ1) is 12.7. The van der Waals surface area contributed by atoms with Crippen LogP contribution in [0.1, 0.15) is 17.4 Å². The highest BCUT2D eigenvalue weighted by molar-refractivity contribution is 5.86.